The summed E-state index contributed by atoms with van der Waals surface area (Å²) in [4.78, 5) is 0. The third kappa shape index (κ3) is 4.63. The highest BCUT2D eigenvalue weighted by atomic mass is 16.3. The van der Waals surface area contributed by atoms with Crippen molar-refractivity contribution in [3.05, 3.63) is 41.5 Å². The van der Waals surface area contributed by atoms with Crippen LogP contribution < -0.4 is 0 Å². The van der Waals surface area contributed by atoms with Gasteiger partial charge in [0, 0.05) is 0 Å². The minimum atomic E-state index is -0.202. The van der Waals surface area contributed by atoms with Gasteiger partial charge in [-0.15, -0.1) is 0 Å². The Morgan fingerprint density at radius 2 is 2.00 bits per heavy atom. The van der Waals surface area contributed by atoms with Gasteiger partial charge in [0.05, 0.1) is 6.10 Å². The van der Waals surface area contributed by atoms with E-state index in [-0.39, 0.29) is 6.10 Å². The molecule has 1 heteroatoms. The first-order valence-electron chi connectivity index (χ1n) is 6.04. The number of rotatable bonds is 5. The van der Waals surface area contributed by atoms with E-state index in [0.717, 1.165) is 12.8 Å². The zero-order valence-electron chi connectivity index (χ0n) is 10.5. The van der Waals surface area contributed by atoms with Crippen molar-refractivity contribution in [2.45, 2.75) is 45.6 Å². The smallest absolute Gasteiger partial charge is 0.0515 e. The maximum Gasteiger partial charge on any atom is 0.0515 e. The van der Waals surface area contributed by atoms with Gasteiger partial charge in [-0.3, -0.25) is 0 Å². The summed E-state index contributed by atoms with van der Waals surface area (Å²) in [6, 6.07) is 8.61. The average molecular weight is 218 g/mol. The van der Waals surface area contributed by atoms with Crippen molar-refractivity contribution in [1.29, 1.82) is 0 Å². The molecule has 0 fully saturated rings. The van der Waals surface area contributed by atoms with E-state index >= 15 is 0 Å². The molecule has 1 aromatic rings. The van der Waals surface area contributed by atoms with Crippen LogP contribution in [0.3, 0.4) is 0 Å². The van der Waals surface area contributed by atoms with Gasteiger partial charge in [-0.1, -0.05) is 50.3 Å². The largest absolute Gasteiger partial charge is 0.393 e. The van der Waals surface area contributed by atoms with Crippen LogP contribution in [0.15, 0.2) is 30.3 Å². The second-order valence-electron chi connectivity index (χ2n) is 4.65. The van der Waals surface area contributed by atoms with E-state index < -0.39 is 0 Å². The quantitative estimate of drug-likeness (QED) is 0.792. The Kier molecular flexibility index (Phi) is 5.27. The first-order chi connectivity index (χ1) is 7.59. The van der Waals surface area contributed by atoms with Crippen LogP contribution in [0, 0.1) is 0 Å². The number of aliphatic hydroxyl groups excluding tert-OH is 1. The first-order valence-corrected chi connectivity index (χ1v) is 6.04. The Hall–Kier alpha value is -1.08. The van der Waals surface area contributed by atoms with Gasteiger partial charge in [0.1, 0.15) is 0 Å². The van der Waals surface area contributed by atoms with Gasteiger partial charge in [0.15, 0.2) is 0 Å². The zero-order valence-corrected chi connectivity index (χ0v) is 10.5. The van der Waals surface area contributed by atoms with Crippen molar-refractivity contribution < 1.29 is 5.11 Å². The van der Waals surface area contributed by atoms with Gasteiger partial charge in [0.25, 0.3) is 0 Å². The molecular weight excluding hydrogens is 196 g/mol. The molecule has 0 amide bonds. The van der Waals surface area contributed by atoms with Gasteiger partial charge in [-0.05, 0) is 36.8 Å². The summed E-state index contributed by atoms with van der Waals surface area (Å²) < 4.78 is 0. The van der Waals surface area contributed by atoms with Gasteiger partial charge in [-0.2, -0.15) is 0 Å². The standard InChI is InChI=1S/C15H22O/c1-12(2)15-10-6-9-14(11-15)8-5-4-7-13(3)16/h5-6,8-13,16H,4,7H2,1-3H3/b8-5+/t13-/m0/s1. The summed E-state index contributed by atoms with van der Waals surface area (Å²) in [5.41, 5.74) is 2.62. The Labute approximate surface area is 98.8 Å². The summed E-state index contributed by atoms with van der Waals surface area (Å²) in [7, 11) is 0. The third-order valence-electron chi connectivity index (χ3n) is 2.64. The molecule has 0 aromatic heterocycles. The lowest BCUT2D eigenvalue weighted by Crippen LogP contribution is -1.96. The van der Waals surface area contributed by atoms with E-state index in [0.29, 0.717) is 5.92 Å². The van der Waals surface area contributed by atoms with Gasteiger partial charge in [-0.25, -0.2) is 0 Å². The fourth-order valence-electron chi connectivity index (χ4n) is 1.58. The highest BCUT2D eigenvalue weighted by Gasteiger charge is 1.98. The van der Waals surface area contributed by atoms with Crippen LogP contribution in [0.25, 0.3) is 6.08 Å². The lowest BCUT2D eigenvalue weighted by molar-refractivity contribution is 0.186. The molecule has 0 radical (unpaired) electrons. The first kappa shape index (κ1) is 13.0. The van der Waals surface area contributed by atoms with Crippen molar-refractivity contribution in [2.75, 3.05) is 0 Å². The molecule has 0 aliphatic carbocycles. The Balaban J connectivity index is 2.56. The van der Waals surface area contributed by atoms with E-state index in [4.69, 9.17) is 5.11 Å². The molecule has 0 aliphatic rings. The minimum Gasteiger partial charge on any atom is -0.393 e. The number of benzene rings is 1. The van der Waals surface area contributed by atoms with Crippen LogP contribution in [-0.2, 0) is 0 Å². The second kappa shape index (κ2) is 6.49. The minimum absolute atomic E-state index is 0.202. The molecule has 0 saturated heterocycles. The molecule has 1 atom stereocenters. The predicted molar refractivity (Wildman–Crippen MR) is 70.5 cm³/mol. The molecule has 1 rings (SSSR count). The molecule has 0 unspecified atom stereocenters. The van der Waals surface area contributed by atoms with E-state index in [2.05, 4.69) is 50.3 Å². The van der Waals surface area contributed by atoms with Crippen molar-refractivity contribution in [3.8, 4) is 0 Å². The maximum absolute atomic E-state index is 9.13. The highest BCUT2D eigenvalue weighted by Crippen LogP contribution is 2.16. The Morgan fingerprint density at radius 1 is 1.25 bits per heavy atom. The van der Waals surface area contributed by atoms with Gasteiger partial charge in [0.2, 0.25) is 0 Å². The molecular formula is C15H22O. The molecule has 16 heavy (non-hydrogen) atoms. The van der Waals surface area contributed by atoms with Crippen LogP contribution in [0.2, 0.25) is 0 Å². The number of allylic oxidation sites excluding steroid dienone is 1. The molecule has 0 heterocycles. The van der Waals surface area contributed by atoms with Gasteiger partial charge >= 0.3 is 0 Å². The number of hydrogen-bond donors (Lipinski definition) is 1. The van der Waals surface area contributed by atoms with E-state index in [1.165, 1.54) is 11.1 Å². The molecule has 0 saturated carbocycles. The average Bonchev–Trinajstić information content (AvgIpc) is 2.24. The highest BCUT2D eigenvalue weighted by molar-refractivity contribution is 5.50. The molecule has 88 valence electrons. The topological polar surface area (TPSA) is 20.2 Å². The Bertz CT molecular complexity index is 337. The fraction of sp³-hybridized carbons (Fsp3) is 0.467. The Morgan fingerprint density at radius 3 is 2.62 bits per heavy atom. The van der Waals surface area contributed by atoms with Crippen molar-refractivity contribution in [3.63, 3.8) is 0 Å². The van der Waals surface area contributed by atoms with E-state index in [1.807, 2.05) is 6.92 Å². The lowest BCUT2D eigenvalue weighted by Gasteiger charge is -2.05. The van der Waals surface area contributed by atoms with E-state index in [1.54, 1.807) is 0 Å². The fourth-order valence-corrected chi connectivity index (χ4v) is 1.58. The lowest BCUT2D eigenvalue weighted by atomic mass is 10.0. The zero-order chi connectivity index (χ0) is 12.0. The molecule has 1 N–H and O–H groups in total. The molecule has 1 aromatic carbocycles. The second-order valence-corrected chi connectivity index (χ2v) is 4.65. The summed E-state index contributed by atoms with van der Waals surface area (Å²) in [5, 5.41) is 9.13. The van der Waals surface area contributed by atoms with E-state index in [9.17, 15) is 0 Å². The van der Waals surface area contributed by atoms with Crippen LogP contribution in [0.4, 0.5) is 0 Å². The van der Waals surface area contributed by atoms with Crippen LogP contribution in [0.1, 0.15) is 50.7 Å². The summed E-state index contributed by atoms with van der Waals surface area (Å²) >= 11 is 0. The monoisotopic (exact) mass is 218 g/mol. The SMILES string of the molecule is CC(C)c1cccc(/C=C/CC[C@H](C)O)c1. The van der Waals surface area contributed by atoms with Crippen molar-refractivity contribution in [2.24, 2.45) is 0 Å². The van der Waals surface area contributed by atoms with Crippen LogP contribution >= 0.6 is 0 Å². The van der Waals surface area contributed by atoms with Crippen LogP contribution in [-0.4, -0.2) is 11.2 Å². The summed E-state index contributed by atoms with van der Waals surface area (Å²) in [6.45, 7) is 6.24. The normalized spacial score (nSPS) is 13.6. The van der Waals surface area contributed by atoms with Crippen molar-refractivity contribution >= 4 is 6.08 Å². The summed E-state index contributed by atoms with van der Waals surface area (Å²) in [5.74, 6) is 0.575. The maximum atomic E-state index is 9.13. The van der Waals surface area contributed by atoms with Crippen molar-refractivity contribution in [1.82, 2.24) is 0 Å². The molecule has 0 bridgehead atoms. The van der Waals surface area contributed by atoms with Gasteiger partial charge < -0.3 is 5.11 Å². The molecule has 0 aliphatic heterocycles. The number of hydrogen-bond acceptors (Lipinski definition) is 1. The third-order valence-corrected chi connectivity index (χ3v) is 2.64. The van der Waals surface area contributed by atoms with Crippen LogP contribution in [0.5, 0.6) is 0 Å². The molecule has 1 nitrogen and oxygen atoms in total. The number of aliphatic hydroxyl groups is 1. The predicted octanol–water partition coefficient (Wildman–Crippen LogP) is 3.98. The summed E-state index contributed by atoms with van der Waals surface area (Å²) in [6.07, 6.45) is 5.83. The molecule has 0 spiro atoms.